The van der Waals surface area contributed by atoms with Crippen LogP contribution in [0.25, 0.3) is 28.5 Å². The van der Waals surface area contributed by atoms with Gasteiger partial charge in [-0.25, -0.2) is 0 Å². The number of anilines is 1. The number of fused-ring (bicyclic) bond motifs is 5. The molecular weight excluding hydrogens is 446 g/mol. The van der Waals surface area contributed by atoms with E-state index in [0.717, 1.165) is 44.1 Å². The number of methoxy groups -OCH3 is 1. The van der Waals surface area contributed by atoms with E-state index in [1.54, 1.807) is 30.6 Å². The van der Waals surface area contributed by atoms with Gasteiger partial charge < -0.3 is 24.6 Å². The second-order valence-electron chi connectivity index (χ2n) is 9.13. The number of phenols is 1. The monoisotopic (exact) mass is 475 g/mol. The minimum Gasteiger partial charge on any atom is -0.504 e. The third-order valence-corrected chi connectivity index (χ3v) is 7.08. The lowest BCUT2D eigenvalue weighted by Gasteiger charge is -2.35. The number of nitrogens with one attached hydrogen (secondary N) is 1. The van der Waals surface area contributed by atoms with E-state index in [1.807, 2.05) is 6.92 Å². The van der Waals surface area contributed by atoms with Crippen LogP contribution in [0, 0.1) is 0 Å². The molecule has 0 saturated heterocycles. The first-order valence-electron chi connectivity index (χ1n) is 11.4. The number of thiophene rings is 1. The number of benzene rings is 2. The fourth-order valence-electron chi connectivity index (χ4n) is 4.87. The molecule has 0 aliphatic carbocycles. The third kappa shape index (κ3) is 3.77. The van der Waals surface area contributed by atoms with Crippen molar-refractivity contribution >= 4 is 34.4 Å². The minimum atomic E-state index is -0.156. The number of allylic oxidation sites excluding steroid dienone is 1. The molecule has 34 heavy (non-hydrogen) atoms. The Labute approximate surface area is 204 Å². The summed E-state index contributed by atoms with van der Waals surface area (Å²) in [5, 5.41) is 16.2. The highest BCUT2D eigenvalue weighted by Crippen LogP contribution is 2.54. The van der Waals surface area contributed by atoms with Crippen LogP contribution in [-0.4, -0.2) is 24.4 Å². The van der Waals surface area contributed by atoms with Gasteiger partial charge in [0.05, 0.1) is 24.8 Å². The summed E-state index contributed by atoms with van der Waals surface area (Å²) in [6.45, 7) is 9.69. The summed E-state index contributed by atoms with van der Waals surface area (Å²) in [6, 6.07) is 9.69. The maximum absolute atomic E-state index is 10.5. The highest BCUT2D eigenvalue weighted by atomic mass is 32.1. The Morgan fingerprint density at radius 2 is 1.94 bits per heavy atom. The van der Waals surface area contributed by atoms with Crippen LogP contribution in [-0.2, 0) is 11.3 Å². The van der Waals surface area contributed by atoms with E-state index in [1.165, 1.54) is 5.57 Å². The zero-order valence-electron chi connectivity index (χ0n) is 20.1. The molecule has 5 rings (SSSR count). The van der Waals surface area contributed by atoms with E-state index >= 15 is 0 Å². The van der Waals surface area contributed by atoms with Crippen molar-refractivity contribution in [2.75, 3.05) is 19.0 Å². The molecule has 2 aromatic carbocycles. The smallest absolute Gasteiger partial charge is 0.172 e. The zero-order valence-corrected chi connectivity index (χ0v) is 20.9. The van der Waals surface area contributed by atoms with Crippen LogP contribution in [0.3, 0.4) is 0 Å². The molecule has 0 radical (unpaired) electrons. The van der Waals surface area contributed by atoms with Gasteiger partial charge in [-0.05, 0) is 74.6 Å². The molecular formula is C28H29NO4S. The Morgan fingerprint density at radius 3 is 2.71 bits per heavy atom. The quantitative estimate of drug-likeness (QED) is 0.410. The van der Waals surface area contributed by atoms with E-state index in [4.69, 9.17) is 14.2 Å². The molecule has 3 heterocycles. The average Bonchev–Trinajstić information content (AvgIpc) is 3.23. The maximum Gasteiger partial charge on any atom is 0.172 e. The molecule has 0 atom stereocenters. The number of rotatable bonds is 5. The normalized spacial score (nSPS) is 16.6. The van der Waals surface area contributed by atoms with Crippen molar-refractivity contribution in [1.29, 1.82) is 0 Å². The molecule has 2 aliphatic rings. The second-order valence-corrected chi connectivity index (χ2v) is 10.1. The summed E-state index contributed by atoms with van der Waals surface area (Å²) in [5.74, 6) is 1.92. The van der Waals surface area contributed by atoms with Crippen molar-refractivity contribution in [3.8, 4) is 28.4 Å². The van der Waals surface area contributed by atoms with E-state index < -0.39 is 0 Å². The van der Waals surface area contributed by atoms with Crippen molar-refractivity contribution < 1.29 is 19.3 Å². The lowest BCUT2D eigenvalue weighted by molar-refractivity contribution is 0.134. The van der Waals surface area contributed by atoms with Gasteiger partial charge in [0.2, 0.25) is 0 Å². The fourth-order valence-corrected chi connectivity index (χ4v) is 5.71. The van der Waals surface area contributed by atoms with Gasteiger partial charge in [0.1, 0.15) is 11.5 Å². The van der Waals surface area contributed by atoms with Gasteiger partial charge in [0, 0.05) is 33.9 Å². The van der Waals surface area contributed by atoms with E-state index in [9.17, 15) is 5.11 Å². The largest absolute Gasteiger partial charge is 0.504 e. The molecule has 0 bridgehead atoms. The lowest BCUT2D eigenvalue weighted by atomic mass is 9.83. The molecule has 0 unspecified atom stereocenters. The standard InChI is InChI=1S/C28H29NO4S/c1-6-32-15-17-11-12-34-23(17)13-22-25-18(26-21(33-22)10-9-20(30)27(26)31-5)7-8-19-24(25)16(2)14-28(3,4)29-19/h7-14,29-30H,6,15H2,1-5H3/b22-13-. The van der Waals surface area contributed by atoms with Crippen LogP contribution in [0.5, 0.6) is 17.2 Å². The zero-order chi connectivity index (χ0) is 24.0. The second kappa shape index (κ2) is 8.53. The Hall–Kier alpha value is -3.22. The van der Waals surface area contributed by atoms with Crippen LogP contribution in [0.1, 0.15) is 49.3 Å². The number of hydrogen-bond donors (Lipinski definition) is 2. The summed E-state index contributed by atoms with van der Waals surface area (Å²) < 4.78 is 17.8. The van der Waals surface area contributed by atoms with Gasteiger partial charge in [0.15, 0.2) is 11.5 Å². The number of aromatic hydroxyl groups is 1. The molecule has 5 nitrogen and oxygen atoms in total. The fraction of sp³-hybridized carbons (Fsp3) is 0.286. The van der Waals surface area contributed by atoms with Crippen molar-refractivity contribution in [3.63, 3.8) is 0 Å². The first-order chi connectivity index (χ1) is 16.3. The lowest BCUT2D eigenvalue weighted by Crippen LogP contribution is -2.32. The summed E-state index contributed by atoms with van der Waals surface area (Å²) in [6.07, 6.45) is 4.35. The molecule has 6 heteroatoms. The molecule has 3 aromatic rings. The highest BCUT2D eigenvalue weighted by molar-refractivity contribution is 7.11. The number of ether oxygens (including phenoxy) is 3. The highest BCUT2D eigenvalue weighted by Gasteiger charge is 2.33. The van der Waals surface area contributed by atoms with Crippen molar-refractivity contribution in [2.24, 2.45) is 0 Å². The van der Waals surface area contributed by atoms with Gasteiger partial charge in [-0.1, -0.05) is 12.1 Å². The predicted molar refractivity (Wildman–Crippen MR) is 140 cm³/mol. The topological polar surface area (TPSA) is 60.0 Å². The SMILES string of the molecule is CCOCc1ccsc1/C=C1\Oc2ccc(O)c(OC)c2-c2ccc3c(c21)C(C)=CC(C)(C)N3. The van der Waals surface area contributed by atoms with Crippen LogP contribution in [0.15, 0.2) is 41.8 Å². The van der Waals surface area contributed by atoms with Gasteiger partial charge in [-0.15, -0.1) is 11.3 Å². The predicted octanol–water partition coefficient (Wildman–Crippen LogP) is 7.16. The molecule has 2 aliphatic heterocycles. The van der Waals surface area contributed by atoms with Gasteiger partial charge in [-0.3, -0.25) is 0 Å². The van der Waals surface area contributed by atoms with Gasteiger partial charge in [-0.2, -0.15) is 0 Å². The van der Waals surface area contributed by atoms with E-state index in [0.29, 0.717) is 24.7 Å². The van der Waals surface area contributed by atoms with Crippen LogP contribution in [0.2, 0.25) is 0 Å². The Balaban J connectivity index is 1.78. The summed E-state index contributed by atoms with van der Waals surface area (Å²) in [7, 11) is 1.57. The molecule has 176 valence electrons. The third-order valence-electron chi connectivity index (χ3n) is 6.18. The number of phenolic OH excluding ortho intramolecular Hbond substituents is 1. The van der Waals surface area contributed by atoms with Crippen LogP contribution < -0.4 is 14.8 Å². The maximum atomic E-state index is 10.5. The first kappa shape index (κ1) is 22.6. The molecule has 0 fully saturated rings. The van der Waals surface area contributed by atoms with Gasteiger partial charge in [0.25, 0.3) is 0 Å². The van der Waals surface area contributed by atoms with Gasteiger partial charge >= 0.3 is 0 Å². The molecule has 0 amide bonds. The van der Waals surface area contributed by atoms with Crippen molar-refractivity contribution in [1.82, 2.24) is 0 Å². The summed E-state index contributed by atoms with van der Waals surface area (Å²) >= 11 is 1.67. The summed E-state index contributed by atoms with van der Waals surface area (Å²) in [4.78, 5) is 1.10. The Bertz CT molecular complexity index is 1330. The first-order valence-corrected chi connectivity index (χ1v) is 12.3. The molecule has 2 N–H and O–H groups in total. The van der Waals surface area contributed by atoms with E-state index in [2.05, 4.69) is 61.8 Å². The van der Waals surface area contributed by atoms with Crippen LogP contribution in [0.4, 0.5) is 5.69 Å². The average molecular weight is 476 g/mol. The summed E-state index contributed by atoms with van der Waals surface area (Å²) in [5.41, 5.74) is 7.03. The van der Waals surface area contributed by atoms with Crippen molar-refractivity contribution in [2.45, 2.75) is 39.8 Å². The molecule has 0 spiro atoms. The number of hydrogen-bond acceptors (Lipinski definition) is 6. The molecule has 0 saturated carbocycles. The minimum absolute atomic E-state index is 0.0877. The van der Waals surface area contributed by atoms with Crippen LogP contribution >= 0.6 is 11.3 Å². The Morgan fingerprint density at radius 1 is 1.12 bits per heavy atom. The van der Waals surface area contributed by atoms with E-state index in [-0.39, 0.29) is 11.3 Å². The van der Waals surface area contributed by atoms with Crippen molar-refractivity contribution in [3.05, 3.63) is 63.4 Å². The molecule has 1 aromatic heterocycles. The Kier molecular flexibility index (Phi) is 5.66.